The molecule has 3 heteroatoms. The fraction of sp³-hybridized carbons (Fsp3) is 0.571. The van der Waals surface area contributed by atoms with Gasteiger partial charge in [-0.15, -0.1) is 0 Å². The van der Waals surface area contributed by atoms with E-state index in [-0.39, 0.29) is 5.82 Å². The molecule has 1 aromatic carbocycles. The first-order chi connectivity index (χ1) is 8.09. The maximum Gasteiger partial charge on any atom is 0.146 e. The first kappa shape index (κ1) is 12.4. The average molecular weight is 237 g/mol. The van der Waals surface area contributed by atoms with Crippen LogP contribution in [0.2, 0.25) is 0 Å². The van der Waals surface area contributed by atoms with E-state index in [1.165, 1.54) is 12.5 Å². The maximum absolute atomic E-state index is 14.0. The summed E-state index contributed by atoms with van der Waals surface area (Å²) in [7, 11) is 0. The average Bonchev–Trinajstić information content (AvgIpc) is 2.28. The van der Waals surface area contributed by atoms with Crippen LogP contribution in [0.3, 0.4) is 0 Å². The lowest BCUT2D eigenvalue weighted by atomic mass is 9.98. The fourth-order valence-electron chi connectivity index (χ4n) is 2.60. The minimum Gasteiger partial charge on any atom is -0.389 e. The number of hydrogen-bond acceptors (Lipinski definition) is 2. The molecule has 1 aromatic rings. The number of nitrogens with zero attached hydrogens (tertiary/aromatic N) is 1. The van der Waals surface area contributed by atoms with Crippen molar-refractivity contribution in [2.24, 2.45) is 5.92 Å². The number of benzene rings is 1. The van der Waals surface area contributed by atoms with Gasteiger partial charge in [0.25, 0.3) is 0 Å². The molecule has 1 aliphatic heterocycles. The van der Waals surface area contributed by atoms with Gasteiger partial charge < -0.3 is 10.0 Å². The van der Waals surface area contributed by atoms with Crippen LogP contribution in [0.15, 0.2) is 18.2 Å². The Labute approximate surface area is 102 Å². The van der Waals surface area contributed by atoms with Crippen molar-refractivity contribution in [3.8, 4) is 0 Å². The zero-order valence-electron chi connectivity index (χ0n) is 10.5. The summed E-state index contributed by atoms with van der Waals surface area (Å²) in [5.41, 5.74) is 1.29. The quantitative estimate of drug-likeness (QED) is 0.854. The molecule has 1 unspecified atom stereocenters. The second kappa shape index (κ2) is 5.05. The van der Waals surface area contributed by atoms with E-state index in [1.807, 2.05) is 6.07 Å². The van der Waals surface area contributed by atoms with Crippen LogP contribution in [0.4, 0.5) is 10.1 Å². The molecule has 0 radical (unpaired) electrons. The summed E-state index contributed by atoms with van der Waals surface area (Å²) in [6.07, 6.45) is 1.67. The molecule has 0 bridgehead atoms. The van der Waals surface area contributed by atoms with Crippen molar-refractivity contribution in [3.63, 3.8) is 0 Å². The molecule has 2 nitrogen and oxygen atoms in total. The zero-order chi connectivity index (χ0) is 12.4. The van der Waals surface area contributed by atoms with Gasteiger partial charge >= 0.3 is 0 Å². The molecule has 2 rings (SSSR count). The normalized spacial score (nSPS) is 22.6. The third-order valence-electron chi connectivity index (χ3n) is 3.44. The lowest BCUT2D eigenvalue weighted by Crippen LogP contribution is -2.35. The van der Waals surface area contributed by atoms with Crippen molar-refractivity contribution in [1.29, 1.82) is 0 Å². The van der Waals surface area contributed by atoms with Gasteiger partial charge in [0, 0.05) is 18.7 Å². The molecule has 0 aromatic heterocycles. The van der Waals surface area contributed by atoms with E-state index in [4.69, 9.17) is 0 Å². The van der Waals surface area contributed by atoms with Crippen molar-refractivity contribution >= 4 is 5.69 Å². The van der Waals surface area contributed by atoms with E-state index in [9.17, 15) is 9.50 Å². The Morgan fingerprint density at radius 2 is 2.24 bits per heavy atom. The first-order valence-corrected chi connectivity index (χ1v) is 6.31. The van der Waals surface area contributed by atoms with Gasteiger partial charge in [0.05, 0.1) is 11.8 Å². The van der Waals surface area contributed by atoms with Crippen LogP contribution < -0.4 is 4.90 Å². The van der Waals surface area contributed by atoms with E-state index in [1.54, 1.807) is 13.0 Å². The Balaban J connectivity index is 2.35. The topological polar surface area (TPSA) is 23.5 Å². The van der Waals surface area contributed by atoms with Crippen molar-refractivity contribution in [1.82, 2.24) is 0 Å². The largest absolute Gasteiger partial charge is 0.389 e. The van der Waals surface area contributed by atoms with Crippen molar-refractivity contribution in [3.05, 3.63) is 29.6 Å². The number of rotatable bonds is 2. The smallest absolute Gasteiger partial charge is 0.146 e. The summed E-state index contributed by atoms with van der Waals surface area (Å²) < 4.78 is 14.0. The van der Waals surface area contributed by atoms with E-state index >= 15 is 0 Å². The Hall–Kier alpha value is -1.09. The molecule has 1 fully saturated rings. The van der Waals surface area contributed by atoms with Gasteiger partial charge in [-0.2, -0.15) is 0 Å². The summed E-state index contributed by atoms with van der Waals surface area (Å²) in [5, 5.41) is 9.73. The van der Waals surface area contributed by atoms with Gasteiger partial charge in [0.2, 0.25) is 0 Å². The van der Waals surface area contributed by atoms with Gasteiger partial charge in [-0.05, 0) is 31.7 Å². The Kier molecular flexibility index (Phi) is 3.67. The van der Waals surface area contributed by atoms with Crippen LogP contribution >= 0.6 is 0 Å². The highest BCUT2D eigenvalue weighted by Gasteiger charge is 2.22. The molecule has 1 N–H and O–H groups in total. The predicted molar refractivity (Wildman–Crippen MR) is 67.6 cm³/mol. The van der Waals surface area contributed by atoms with Crippen LogP contribution in [0.5, 0.6) is 0 Å². The number of aliphatic hydroxyl groups is 1. The monoisotopic (exact) mass is 237 g/mol. The van der Waals surface area contributed by atoms with Gasteiger partial charge in [0.1, 0.15) is 5.82 Å². The molecule has 1 aliphatic rings. The fourth-order valence-corrected chi connectivity index (χ4v) is 2.60. The minimum absolute atomic E-state index is 0.225. The molecule has 2 atom stereocenters. The number of para-hydroxylation sites is 1. The lowest BCUT2D eigenvalue weighted by Gasteiger charge is -2.34. The molecular weight excluding hydrogens is 217 g/mol. The maximum atomic E-state index is 14.0. The van der Waals surface area contributed by atoms with Crippen molar-refractivity contribution in [2.75, 3.05) is 18.0 Å². The SMILES string of the molecule is CC1CCCN(c2c(F)cccc2[C@@H](C)O)C1. The summed E-state index contributed by atoms with van der Waals surface area (Å²) >= 11 is 0. The van der Waals surface area contributed by atoms with Gasteiger partial charge in [-0.3, -0.25) is 0 Å². The van der Waals surface area contributed by atoms with Crippen LogP contribution in [0.1, 0.15) is 38.4 Å². The number of halogens is 1. The van der Waals surface area contributed by atoms with Crippen molar-refractivity contribution in [2.45, 2.75) is 32.8 Å². The highest BCUT2D eigenvalue weighted by atomic mass is 19.1. The first-order valence-electron chi connectivity index (χ1n) is 6.31. The molecule has 94 valence electrons. The highest BCUT2D eigenvalue weighted by molar-refractivity contribution is 5.56. The van der Waals surface area contributed by atoms with E-state index in [0.29, 0.717) is 17.2 Å². The summed E-state index contributed by atoms with van der Waals surface area (Å²) in [4.78, 5) is 2.07. The molecule has 17 heavy (non-hydrogen) atoms. The predicted octanol–water partition coefficient (Wildman–Crippen LogP) is 3.12. The van der Waals surface area contributed by atoms with Crippen LogP contribution in [-0.4, -0.2) is 18.2 Å². The van der Waals surface area contributed by atoms with Gasteiger partial charge in [-0.1, -0.05) is 19.1 Å². The number of hydrogen-bond donors (Lipinski definition) is 1. The molecule has 0 spiro atoms. The molecule has 0 saturated carbocycles. The van der Waals surface area contributed by atoms with E-state index < -0.39 is 6.10 Å². The van der Waals surface area contributed by atoms with Gasteiger partial charge in [-0.25, -0.2) is 4.39 Å². The summed E-state index contributed by atoms with van der Waals surface area (Å²) in [6, 6.07) is 4.94. The third-order valence-corrected chi connectivity index (χ3v) is 3.44. The second-order valence-electron chi connectivity index (χ2n) is 5.05. The number of aliphatic hydroxyl groups excluding tert-OH is 1. The molecule has 1 heterocycles. The van der Waals surface area contributed by atoms with Crippen LogP contribution in [0.25, 0.3) is 0 Å². The molecular formula is C14H20FNO. The highest BCUT2D eigenvalue weighted by Crippen LogP contribution is 2.32. The standard InChI is InChI=1S/C14H20FNO/c1-10-5-4-8-16(9-10)14-12(11(2)17)6-3-7-13(14)15/h3,6-7,10-11,17H,4-5,8-9H2,1-2H3/t10?,11-/m1/s1. The van der Waals surface area contributed by atoms with E-state index in [2.05, 4.69) is 11.8 Å². The van der Waals surface area contributed by atoms with Crippen molar-refractivity contribution < 1.29 is 9.50 Å². The van der Waals surface area contributed by atoms with Crippen LogP contribution in [0, 0.1) is 11.7 Å². The Morgan fingerprint density at radius 3 is 2.88 bits per heavy atom. The lowest BCUT2D eigenvalue weighted by molar-refractivity contribution is 0.199. The number of piperidine rings is 1. The Morgan fingerprint density at radius 1 is 1.47 bits per heavy atom. The molecule has 0 aliphatic carbocycles. The third kappa shape index (κ3) is 2.60. The van der Waals surface area contributed by atoms with Gasteiger partial charge in [0.15, 0.2) is 0 Å². The summed E-state index contributed by atoms with van der Waals surface area (Å²) in [6.45, 7) is 5.63. The summed E-state index contributed by atoms with van der Waals surface area (Å²) in [5.74, 6) is 0.364. The van der Waals surface area contributed by atoms with E-state index in [0.717, 1.165) is 19.5 Å². The second-order valence-corrected chi connectivity index (χ2v) is 5.05. The number of anilines is 1. The zero-order valence-corrected chi connectivity index (χ0v) is 10.5. The van der Waals surface area contributed by atoms with Crippen LogP contribution in [-0.2, 0) is 0 Å². The molecule has 1 saturated heterocycles. The minimum atomic E-state index is -0.627. The molecule has 0 amide bonds. The Bertz CT molecular complexity index is 392.